The number of benzene rings is 1. The van der Waals surface area contributed by atoms with E-state index in [0.717, 1.165) is 0 Å². The maximum Gasteiger partial charge on any atom is 0.269 e. The molecule has 5 heteroatoms. The number of para-hydroxylation sites is 1. The number of aliphatic hydroxyl groups excluding tert-OH is 1. The summed E-state index contributed by atoms with van der Waals surface area (Å²) in [6.45, 7) is -0.253. The molecule has 104 valence electrons. The average Bonchev–Trinajstić information content (AvgIpc) is 2.99. The molecule has 0 aliphatic rings. The highest BCUT2D eigenvalue weighted by molar-refractivity contribution is 7.12. The fourth-order valence-corrected chi connectivity index (χ4v) is 2.65. The summed E-state index contributed by atoms with van der Waals surface area (Å²) in [4.78, 5) is 14.5. The number of thiophene rings is 1. The topological polar surface area (TPSA) is 64.3 Å². The van der Waals surface area contributed by atoms with Crippen LogP contribution in [0.25, 0.3) is 0 Å². The smallest absolute Gasteiger partial charge is 0.269 e. The number of hydrogen-bond donors (Lipinski definition) is 1. The van der Waals surface area contributed by atoms with Crippen molar-refractivity contribution in [3.05, 3.63) is 51.7 Å². The lowest BCUT2D eigenvalue weighted by Crippen LogP contribution is -2.26. The molecule has 1 aromatic heterocycles. The predicted octanol–water partition coefficient (Wildman–Crippen LogP) is 2.24. The Labute approximate surface area is 126 Å². The molecule has 0 bridgehead atoms. The molecule has 2 rings (SSSR count). The number of hydrogen-bond acceptors (Lipinski definition) is 4. The first-order chi connectivity index (χ1) is 10.2. The van der Waals surface area contributed by atoms with E-state index in [9.17, 15) is 4.79 Å². The summed E-state index contributed by atoms with van der Waals surface area (Å²) in [5, 5.41) is 19.6. The summed E-state index contributed by atoms with van der Waals surface area (Å²) in [6, 6.07) is 10.7. The van der Waals surface area contributed by atoms with Gasteiger partial charge in [0.2, 0.25) is 0 Å². The summed E-state index contributed by atoms with van der Waals surface area (Å²) in [5.41, 5.74) is 1.58. The van der Waals surface area contributed by atoms with E-state index >= 15 is 0 Å². The molecule has 4 nitrogen and oxygen atoms in total. The van der Waals surface area contributed by atoms with Gasteiger partial charge < -0.3 is 10.0 Å². The van der Waals surface area contributed by atoms with Crippen LogP contribution in [0.5, 0.6) is 0 Å². The first-order valence-corrected chi connectivity index (χ1v) is 7.01. The summed E-state index contributed by atoms with van der Waals surface area (Å²) >= 11 is 1.29. The zero-order chi connectivity index (χ0) is 15.2. The number of nitrogens with zero attached hydrogens (tertiary/aromatic N) is 2. The van der Waals surface area contributed by atoms with Gasteiger partial charge in [-0.3, -0.25) is 4.79 Å². The molecule has 1 heterocycles. The monoisotopic (exact) mass is 296 g/mol. The Bertz CT molecular complexity index is 762. The molecule has 0 aliphatic heterocycles. The van der Waals surface area contributed by atoms with Gasteiger partial charge in [-0.15, -0.1) is 11.3 Å². The van der Waals surface area contributed by atoms with E-state index in [1.165, 1.54) is 16.2 Å². The summed E-state index contributed by atoms with van der Waals surface area (Å²) < 4.78 is 0. The van der Waals surface area contributed by atoms with Crippen LogP contribution in [0.1, 0.15) is 20.8 Å². The Morgan fingerprint density at radius 3 is 2.81 bits per heavy atom. The van der Waals surface area contributed by atoms with Crippen molar-refractivity contribution in [2.24, 2.45) is 0 Å². The minimum Gasteiger partial charge on any atom is -0.384 e. The van der Waals surface area contributed by atoms with Crippen LogP contribution in [-0.4, -0.2) is 24.7 Å². The molecule has 0 saturated heterocycles. The third-order valence-corrected chi connectivity index (χ3v) is 3.75. The molecule has 0 fully saturated rings. The van der Waals surface area contributed by atoms with Crippen molar-refractivity contribution in [2.75, 3.05) is 18.6 Å². The normalized spacial score (nSPS) is 9.38. The van der Waals surface area contributed by atoms with Gasteiger partial charge in [0.05, 0.1) is 11.3 Å². The lowest BCUT2D eigenvalue weighted by molar-refractivity contribution is 0.0996. The van der Waals surface area contributed by atoms with Gasteiger partial charge in [0.25, 0.3) is 5.91 Å². The lowest BCUT2D eigenvalue weighted by atomic mass is 10.1. The molecule has 0 saturated carbocycles. The zero-order valence-electron chi connectivity index (χ0n) is 11.3. The number of carbonyl (C=O) groups excluding carboxylic acids is 1. The van der Waals surface area contributed by atoms with E-state index in [1.807, 2.05) is 0 Å². The van der Waals surface area contributed by atoms with E-state index in [1.54, 1.807) is 42.8 Å². The molecule has 1 N–H and O–H groups in total. The van der Waals surface area contributed by atoms with Gasteiger partial charge in [-0.05, 0) is 23.6 Å². The van der Waals surface area contributed by atoms with E-state index in [0.29, 0.717) is 21.7 Å². The van der Waals surface area contributed by atoms with Gasteiger partial charge in [0, 0.05) is 12.6 Å². The van der Waals surface area contributed by atoms with Gasteiger partial charge in [0.1, 0.15) is 17.6 Å². The third kappa shape index (κ3) is 3.11. The second-order valence-electron chi connectivity index (χ2n) is 4.12. The molecule has 0 spiro atoms. The molecule has 0 radical (unpaired) electrons. The molecule has 1 amide bonds. The molecule has 0 aliphatic carbocycles. The highest BCUT2D eigenvalue weighted by Gasteiger charge is 2.19. The quantitative estimate of drug-likeness (QED) is 0.864. The number of carbonyl (C=O) groups is 1. The molecule has 21 heavy (non-hydrogen) atoms. The van der Waals surface area contributed by atoms with Crippen molar-refractivity contribution in [2.45, 2.75) is 0 Å². The number of rotatable bonds is 2. The largest absolute Gasteiger partial charge is 0.384 e. The Morgan fingerprint density at radius 1 is 1.33 bits per heavy atom. The Morgan fingerprint density at radius 2 is 2.10 bits per heavy atom. The minimum atomic E-state index is -0.253. The highest BCUT2D eigenvalue weighted by Crippen LogP contribution is 2.24. The molecule has 1 aromatic carbocycles. The van der Waals surface area contributed by atoms with E-state index in [2.05, 4.69) is 17.9 Å². The second kappa shape index (κ2) is 6.71. The fraction of sp³-hybridized carbons (Fsp3) is 0.125. The molecule has 0 atom stereocenters. The SMILES string of the molecule is CN(C(=O)c1sccc1C#CCO)c1ccccc1C#N. The van der Waals surface area contributed by atoms with Crippen molar-refractivity contribution in [1.29, 1.82) is 5.26 Å². The van der Waals surface area contributed by atoms with Gasteiger partial charge in [-0.25, -0.2) is 0 Å². The van der Waals surface area contributed by atoms with Crippen molar-refractivity contribution in [1.82, 2.24) is 0 Å². The van der Waals surface area contributed by atoms with Crippen molar-refractivity contribution < 1.29 is 9.90 Å². The molecule has 2 aromatic rings. The van der Waals surface area contributed by atoms with Gasteiger partial charge in [-0.2, -0.15) is 5.26 Å². The second-order valence-corrected chi connectivity index (χ2v) is 5.03. The van der Waals surface area contributed by atoms with Crippen LogP contribution in [0, 0.1) is 23.2 Å². The Kier molecular flexibility index (Phi) is 4.73. The number of nitriles is 1. The van der Waals surface area contributed by atoms with Crippen LogP contribution in [0.15, 0.2) is 35.7 Å². The van der Waals surface area contributed by atoms with Crippen LogP contribution < -0.4 is 4.90 Å². The van der Waals surface area contributed by atoms with Crippen molar-refractivity contribution in [3.63, 3.8) is 0 Å². The molecule has 0 unspecified atom stereocenters. The van der Waals surface area contributed by atoms with Crippen LogP contribution in [0.3, 0.4) is 0 Å². The van der Waals surface area contributed by atoms with Crippen LogP contribution in [0.2, 0.25) is 0 Å². The van der Waals surface area contributed by atoms with E-state index in [-0.39, 0.29) is 12.5 Å². The van der Waals surface area contributed by atoms with Crippen LogP contribution >= 0.6 is 11.3 Å². The molecular formula is C16H12N2O2S. The first-order valence-electron chi connectivity index (χ1n) is 6.13. The zero-order valence-corrected chi connectivity index (χ0v) is 12.1. The van der Waals surface area contributed by atoms with Crippen LogP contribution in [-0.2, 0) is 0 Å². The fourth-order valence-electron chi connectivity index (χ4n) is 1.83. The standard InChI is InChI=1S/C16H12N2O2S/c1-18(14-7-3-2-5-13(14)11-17)16(20)15-12(6-4-9-19)8-10-21-15/h2-3,5,7-8,10,19H,9H2,1H3. The van der Waals surface area contributed by atoms with E-state index < -0.39 is 0 Å². The van der Waals surface area contributed by atoms with Gasteiger partial charge in [0.15, 0.2) is 0 Å². The lowest BCUT2D eigenvalue weighted by Gasteiger charge is -2.18. The molecular weight excluding hydrogens is 284 g/mol. The maximum atomic E-state index is 12.6. The van der Waals surface area contributed by atoms with Crippen molar-refractivity contribution in [3.8, 4) is 17.9 Å². The first kappa shape index (κ1) is 14.8. The van der Waals surface area contributed by atoms with Crippen molar-refractivity contribution >= 4 is 22.9 Å². The van der Waals surface area contributed by atoms with E-state index in [4.69, 9.17) is 10.4 Å². The summed E-state index contributed by atoms with van der Waals surface area (Å²) in [7, 11) is 1.63. The number of anilines is 1. The number of aliphatic hydroxyl groups is 1. The highest BCUT2D eigenvalue weighted by atomic mass is 32.1. The Balaban J connectivity index is 2.37. The predicted molar refractivity (Wildman–Crippen MR) is 82.2 cm³/mol. The van der Waals surface area contributed by atoms with Crippen LogP contribution in [0.4, 0.5) is 5.69 Å². The Hall–Kier alpha value is -2.60. The van der Waals surface area contributed by atoms with Gasteiger partial charge in [-0.1, -0.05) is 24.0 Å². The third-order valence-electron chi connectivity index (χ3n) is 2.85. The summed E-state index contributed by atoms with van der Waals surface area (Å²) in [5.74, 6) is 5.07. The maximum absolute atomic E-state index is 12.6. The summed E-state index contributed by atoms with van der Waals surface area (Å²) in [6.07, 6.45) is 0. The minimum absolute atomic E-state index is 0.227. The average molecular weight is 296 g/mol. The number of amides is 1. The van der Waals surface area contributed by atoms with Gasteiger partial charge >= 0.3 is 0 Å².